The van der Waals surface area contributed by atoms with Crippen molar-refractivity contribution in [1.82, 2.24) is 20.2 Å². The van der Waals surface area contributed by atoms with Gasteiger partial charge in [0.05, 0.1) is 0 Å². The molecule has 0 bridgehead atoms. The summed E-state index contributed by atoms with van der Waals surface area (Å²) in [6.45, 7) is 2.20. The van der Waals surface area contributed by atoms with Crippen molar-refractivity contribution in [3.63, 3.8) is 0 Å². The van der Waals surface area contributed by atoms with Crippen molar-refractivity contribution in [2.75, 3.05) is 11.1 Å². The van der Waals surface area contributed by atoms with E-state index in [0.29, 0.717) is 16.7 Å². The minimum Gasteiger partial charge on any atom is -0.448 e. The van der Waals surface area contributed by atoms with E-state index in [1.54, 1.807) is 24.2 Å². The first-order valence-electron chi connectivity index (χ1n) is 9.15. The fourth-order valence-electron chi connectivity index (χ4n) is 2.91. The highest BCUT2D eigenvalue weighted by molar-refractivity contribution is 7.99. The van der Waals surface area contributed by atoms with Gasteiger partial charge in [-0.15, -0.1) is 10.2 Å². The van der Waals surface area contributed by atoms with Gasteiger partial charge in [-0.05, 0) is 18.6 Å². The molecule has 0 radical (unpaired) electrons. The Morgan fingerprint density at radius 1 is 1.11 bits per heavy atom. The van der Waals surface area contributed by atoms with Gasteiger partial charge in [0.25, 0.3) is 0 Å². The van der Waals surface area contributed by atoms with Crippen LogP contribution < -0.4 is 10.1 Å². The number of ether oxygens (including phenoxy) is 1. The maximum Gasteiger partial charge on any atom is 0.247 e. The molecule has 0 saturated heterocycles. The maximum absolute atomic E-state index is 6.22. The standard InChI is InChI=1S/C20H21N5OS/c1-2-3-6-12-27-20-23-19-17(24-25-20)15-9-4-5-10-16(15)22-18(26-19)14-8-7-11-21-13-14/h4-5,7-11,13,18,22H,2-3,6,12H2,1H3/t18-/m0/s1. The maximum atomic E-state index is 6.22. The number of nitrogens with zero attached hydrogens (tertiary/aromatic N) is 4. The van der Waals surface area contributed by atoms with Gasteiger partial charge in [-0.3, -0.25) is 4.98 Å². The molecular weight excluding hydrogens is 358 g/mol. The van der Waals surface area contributed by atoms with E-state index in [4.69, 9.17) is 4.74 Å². The Bertz CT molecular complexity index is 906. The van der Waals surface area contributed by atoms with Crippen molar-refractivity contribution in [2.24, 2.45) is 0 Å². The molecule has 0 unspecified atom stereocenters. The van der Waals surface area contributed by atoms with Crippen LogP contribution in [0.5, 0.6) is 5.88 Å². The summed E-state index contributed by atoms with van der Waals surface area (Å²) < 4.78 is 6.22. The molecule has 0 fully saturated rings. The smallest absolute Gasteiger partial charge is 0.247 e. The minimum atomic E-state index is -0.393. The number of nitrogens with one attached hydrogen (secondary N) is 1. The Balaban J connectivity index is 1.68. The summed E-state index contributed by atoms with van der Waals surface area (Å²) in [5.41, 5.74) is 3.45. The van der Waals surface area contributed by atoms with E-state index < -0.39 is 6.23 Å². The number of benzene rings is 1. The van der Waals surface area contributed by atoms with Crippen molar-refractivity contribution >= 4 is 17.4 Å². The van der Waals surface area contributed by atoms with E-state index in [1.165, 1.54) is 12.8 Å². The second-order valence-corrected chi connectivity index (χ2v) is 7.34. The molecule has 1 atom stereocenters. The molecule has 1 N–H and O–H groups in total. The fraction of sp³-hybridized carbons (Fsp3) is 0.300. The van der Waals surface area contributed by atoms with Crippen LogP contribution in [0.15, 0.2) is 53.9 Å². The lowest BCUT2D eigenvalue weighted by Crippen LogP contribution is -2.17. The highest BCUT2D eigenvalue weighted by atomic mass is 32.2. The van der Waals surface area contributed by atoms with Gasteiger partial charge >= 0.3 is 0 Å². The third kappa shape index (κ3) is 4.03. The van der Waals surface area contributed by atoms with Gasteiger partial charge in [0.2, 0.25) is 11.0 Å². The first-order chi connectivity index (χ1) is 13.3. The van der Waals surface area contributed by atoms with Gasteiger partial charge in [-0.25, -0.2) is 0 Å². The van der Waals surface area contributed by atoms with Gasteiger partial charge in [0.1, 0.15) is 0 Å². The first-order valence-corrected chi connectivity index (χ1v) is 10.1. The molecule has 1 aliphatic heterocycles. The third-order valence-corrected chi connectivity index (χ3v) is 5.22. The zero-order chi connectivity index (χ0) is 18.5. The average molecular weight is 379 g/mol. The minimum absolute atomic E-state index is 0.393. The van der Waals surface area contributed by atoms with Crippen LogP contribution in [0.1, 0.15) is 38.0 Å². The molecule has 0 aliphatic carbocycles. The van der Waals surface area contributed by atoms with Crippen LogP contribution in [0.3, 0.4) is 0 Å². The number of para-hydroxylation sites is 1. The summed E-state index contributed by atoms with van der Waals surface area (Å²) in [5, 5.41) is 12.8. The normalized spacial score (nSPS) is 15.1. The fourth-order valence-corrected chi connectivity index (χ4v) is 3.68. The van der Waals surface area contributed by atoms with Crippen molar-refractivity contribution < 1.29 is 4.74 Å². The van der Waals surface area contributed by atoms with Crippen molar-refractivity contribution in [2.45, 2.75) is 37.6 Å². The zero-order valence-electron chi connectivity index (χ0n) is 15.1. The van der Waals surface area contributed by atoms with Crippen LogP contribution in [-0.4, -0.2) is 25.9 Å². The van der Waals surface area contributed by atoms with Gasteiger partial charge in [-0.1, -0.05) is 55.8 Å². The SMILES string of the molecule is CCCCCSc1nnc2c(n1)O[C@@H](c1cccnc1)Nc1ccccc1-2. The summed E-state index contributed by atoms with van der Waals surface area (Å²) in [4.78, 5) is 8.86. The lowest BCUT2D eigenvalue weighted by atomic mass is 10.1. The van der Waals surface area contributed by atoms with Crippen molar-refractivity contribution in [3.05, 3.63) is 54.4 Å². The number of unbranched alkanes of at least 4 members (excludes halogenated alkanes) is 2. The van der Waals surface area contributed by atoms with E-state index in [1.807, 2.05) is 36.4 Å². The average Bonchev–Trinajstić information content (AvgIpc) is 2.88. The number of anilines is 1. The van der Waals surface area contributed by atoms with Crippen LogP contribution in [0.2, 0.25) is 0 Å². The molecule has 0 spiro atoms. The van der Waals surface area contributed by atoms with Crippen LogP contribution in [0.25, 0.3) is 11.3 Å². The Morgan fingerprint density at radius 3 is 2.89 bits per heavy atom. The molecule has 0 amide bonds. The molecule has 1 aliphatic rings. The monoisotopic (exact) mass is 379 g/mol. The first kappa shape index (κ1) is 17.7. The lowest BCUT2D eigenvalue weighted by Gasteiger charge is -2.18. The summed E-state index contributed by atoms with van der Waals surface area (Å²) in [6, 6.07) is 11.8. The second-order valence-electron chi connectivity index (χ2n) is 6.28. The Kier molecular flexibility index (Phi) is 5.48. The number of rotatable bonds is 6. The predicted molar refractivity (Wildman–Crippen MR) is 107 cm³/mol. The van der Waals surface area contributed by atoms with Gasteiger partial charge in [-0.2, -0.15) is 4.98 Å². The molecule has 2 aromatic heterocycles. The topological polar surface area (TPSA) is 72.8 Å². The molecule has 7 heteroatoms. The highest BCUT2D eigenvalue weighted by Gasteiger charge is 2.26. The molecule has 3 heterocycles. The van der Waals surface area contributed by atoms with Gasteiger partial charge in [0, 0.05) is 35.0 Å². The predicted octanol–water partition coefficient (Wildman–Crippen LogP) is 4.72. The second kappa shape index (κ2) is 8.35. The zero-order valence-corrected chi connectivity index (χ0v) is 15.9. The van der Waals surface area contributed by atoms with Gasteiger partial charge < -0.3 is 10.1 Å². The number of fused-ring (bicyclic) bond motifs is 3. The van der Waals surface area contributed by atoms with Crippen LogP contribution in [0.4, 0.5) is 5.69 Å². The molecule has 27 heavy (non-hydrogen) atoms. The van der Waals surface area contributed by atoms with E-state index >= 15 is 0 Å². The molecule has 6 nitrogen and oxygen atoms in total. The largest absolute Gasteiger partial charge is 0.448 e. The Labute approximate surface area is 162 Å². The number of hydrogen-bond donors (Lipinski definition) is 1. The number of hydrogen-bond acceptors (Lipinski definition) is 7. The number of aromatic nitrogens is 4. The Hall–Kier alpha value is -2.67. The summed E-state index contributed by atoms with van der Waals surface area (Å²) in [6.07, 6.45) is 6.70. The van der Waals surface area contributed by atoms with E-state index in [2.05, 4.69) is 32.4 Å². The number of pyridine rings is 1. The number of thioether (sulfide) groups is 1. The molecule has 0 saturated carbocycles. The summed E-state index contributed by atoms with van der Waals surface area (Å²) in [7, 11) is 0. The van der Waals surface area contributed by atoms with E-state index in [-0.39, 0.29) is 0 Å². The molecular formula is C20H21N5OS. The highest BCUT2D eigenvalue weighted by Crippen LogP contribution is 2.39. The summed E-state index contributed by atoms with van der Waals surface area (Å²) >= 11 is 1.62. The van der Waals surface area contributed by atoms with Crippen molar-refractivity contribution in [1.29, 1.82) is 0 Å². The van der Waals surface area contributed by atoms with E-state index in [0.717, 1.165) is 29.0 Å². The van der Waals surface area contributed by atoms with Crippen LogP contribution >= 0.6 is 11.8 Å². The van der Waals surface area contributed by atoms with Crippen LogP contribution in [-0.2, 0) is 0 Å². The molecule has 3 aromatic rings. The molecule has 138 valence electrons. The molecule has 1 aromatic carbocycles. The van der Waals surface area contributed by atoms with Gasteiger partial charge in [0.15, 0.2) is 11.9 Å². The van der Waals surface area contributed by atoms with E-state index in [9.17, 15) is 0 Å². The Morgan fingerprint density at radius 2 is 2.04 bits per heavy atom. The molecule has 4 rings (SSSR count). The van der Waals surface area contributed by atoms with Crippen LogP contribution in [0, 0.1) is 0 Å². The lowest BCUT2D eigenvalue weighted by molar-refractivity contribution is 0.225. The third-order valence-electron chi connectivity index (χ3n) is 4.30. The van der Waals surface area contributed by atoms with Crippen molar-refractivity contribution in [3.8, 4) is 17.1 Å². The quantitative estimate of drug-likeness (QED) is 0.491. The summed E-state index contributed by atoms with van der Waals surface area (Å²) in [5.74, 6) is 1.48.